The zero-order chi connectivity index (χ0) is 21.3. The van der Waals surface area contributed by atoms with E-state index in [1.807, 2.05) is 39.0 Å². The van der Waals surface area contributed by atoms with Crippen LogP contribution in [-0.4, -0.2) is 64.8 Å². The van der Waals surface area contributed by atoms with Crippen LogP contribution in [0.15, 0.2) is 18.2 Å². The maximum Gasteiger partial charge on any atom is 0.282 e. The highest BCUT2D eigenvalue weighted by Gasteiger charge is 2.36. The van der Waals surface area contributed by atoms with Crippen molar-refractivity contribution in [3.05, 3.63) is 41.0 Å². The van der Waals surface area contributed by atoms with Crippen molar-refractivity contribution in [1.29, 1.82) is 0 Å². The van der Waals surface area contributed by atoms with Crippen molar-refractivity contribution in [1.82, 2.24) is 23.6 Å². The van der Waals surface area contributed by atoms with E-state index in [4.69, 9.17) is 4.74 Å². The molecule has 30 heavy (non-hydrogen) atoms. The molecule has 4 rings (SSSR count). The number of ether oxygens (including phenoxy) is 1. The molecule has 0 aliphatic carbocycles. The van der Waals surface area contributed by atoms with Gasteiger partial charge in [0.15, 0.2) is 0 Å². The topological polar surface area (TPSA) is 101 Å². The SMILES string of the molecule is Cc1cc(Nc2nc(C)cc(C)n2)cc([C@H]2CN(S(=O)(=O)N3CCCC3)CCO2)n1. The molecule has 2 aliphatic heterocycles. The fourth-order valence-corrected chi connectivity index (χ4v) is 5.61. The van der Waals surface area contributed by atoms with Crippen LogP contribution in [0.25, 0.3) is 0 Å². The molecule has 0 unspecified atom stereocenters. The molecule has 0 amide bonds. The molecular weight excluding hydrogens is 404 g/mol. The predicted molar refractivity (Wildman–Crippen MR) is 114 cm³/mol. The molecule has 0 spiro atoms. The summed E-state index contributed by atoms with van der Waals surface area (Å²) in [5.41, 5.74) is 4.07. The summed E-state index contributed by atoms with van der Waals surface area (Å²) >= 11 is 0. The summed E-state index contributed by atoms with van der Waals surface area (Å²) in [7, 11) is -3.46. The van der Waals surface area contributed by atoms with Crippen molar-refractivity contribution in [2.24, 2.45) is 0 Å². The fraction of sp³-hybridized carbons (Fsp3) is 0.550. The van der Waals surface area contributed by atoms with E-state index in [2.05, 4.69) is 20.3 Å². The Balaban J connectivity index is 1.54. The second kappa shape index (κ2) is 8.54. The second-order valence-corrected chi connectivity index (χ2v) is 9.78. The molecule has 0 radical (unpaired) electrons. The summed E-state index contributed by atoms with van der Waals surface area (Å²) in [6.07, 6.45) is 1.42. The van der Waals surface area contributed by atoms with Crippen LogP contribution < -0.4 is 5.32 Å². The average Bonchev–Trinajstić information content (AvgIpc) is 3.22. The Labute approximate surface area is 177 Å². The number of hydrogen-bond donors (Lipinski definition) is 1. The maximum atomic E-state index is 13.0. The van der Waals surface area contributed by atoms with E-state index in [1.54, 1.807) is 4.31 Å². The lowest BCUT2D eigenvalue weighted by atomic mass is 10.1. The second-order valence-electron chi connectivity index (χ2n) is 7.85. The fourth-order valence-electron chi connectivity index (χ4n) is 3.94. The molecule has 0 saturated carbocycles. The minimum Gasteiger partial charge on any atom is -0.369 e. The van der Waals surface area contributed by atoms with E-state index < -0.39 is 16.3 Å². The van der Waals surface area contributed by atoms with Crippen molar-refractivity contribution >= 4 is 21.8 Å². The summed E-state index contributed by atoms with van der Waals surface area (Å²) in [4.78, 5) is 13.5. The minimum absolute atomic E-state index is 0.259. The monoisotopic (exact) mass is 432 g/mol. The number of pyridine rings is 1. The van der Waals surface area contributed by atoms with Gasteiger partial charge in [-0.25, -0.2) is 9.97 Å². The quantitative estimate of drug-likeness (QED) is 0.773. The molecule has 0 bridgehead atoms. The van der Waals surface area contributed by atoms with Gasteiger partial charge in [-0.3, -0.25) is 4.98 Å². The van der Waals surface area contributed by atoms with Crippen molar-refractivity contribution in [2.45, 2.75) is 39.7 Å². The van der Waals surface area contributed by atoms with Gasteiger partial charge >= 0.3 is 0 Å². The van der Waals surface area contributed by atoms with Crippen LogP contribution in [0.4, 0.5) is 11.6 Å². The summed E-state index contributed by atoms with van der Waals surface area (Å²) in [5.74, 6) is 0.520. The van der Waals surface area contributed by atoms with Crippen molar-refractivity contribution in [2.75, 3.05) is 38.1 Å². The highest BCUT2D eigenvalue weighted by molar-refractivity contribution is 7.86. The molecule has 2 aromatic rings. The third-order valence-corrected chi connectivity index (χ3v) is 7.29. The molecule has 0 aromatic carbocycles. The number of aryl methyl sites for hydroxylation is 3. The number of hydrogen-bond acceptors (Lipinski definition) is 7. The average molecular weight is 433 g/mol. The molecule has 9 nitrogen and oxygen atoms in total. The first-order chi connectivity index (χ1) is 14.3. The minimum atomic E-state index is -3.46. The van der Waals surface area contributed by atoms with E-state index >= 15 is 0 Å². The van der Waals surface area contributed by atoms with Crippen molar-refractivity contribution in [3.8, 4) is 0 Å². The van der Waals surface area contributed by atoms with Crippen LogP contribution >= 0.6 is 0 Å². The van der Waals surface area contributed by atoms with E-state index in [0.717, 1.165) is 35.6 Å². The Morgan fingerprint density at radius 1 is 0.933 bits per heavy atom. The Morgan fingerprint density at radius 3 is 2.30 bits per heavy atom. The van der Waals surface area contributed by atoms with Gasteiger partial charge in [-0.15, -0.1) is 0 Å². The van der Waals surface area contributed by atoms with Gasteiger partial charge in [0.05, 0.1) is 12.3 Å². The van der Waals surface area contributed by atoms with Crippen LogP contribution in [0.2, 0.25) is 0 Å². The van der Waals surface area contributed by atoms with E-state index in [9.17, 15) is 8.42 Å². The Morgan fingerprint density at radius 2 is 1.60 bits per heavy atom. The van der Waals surface area contributed by atoms with E-state index in [-0.39, 0.29) is 6.54 Å². The van der Waals surface area contributed by atoms with Gasteiger partial charge < -0.3 is 10.1 Å². The van der Waals surface area contributed by atoms with Crippen molar-refractivity contribution in [3.63, 3.8) is 0 Å². The third kappa shape index (κ3) is 4.61. The highest BCUT2D eigenvalue weighted by Crippen LogP contribution is 2.28. The number of anilines is 2. The molecule has 162 valence electrons. The highest BCUT2D eigenvalue weighted by atomic mass is 32.2. The smallest absolute Gasteiger partial charge is 0.282 e. The number of morpholine rings is 1. The van der Waals surface area contributed by atoms with Gasteiger partial charge in [0.1, 0.15) is 6.10 Å². The van der Waals surface area contributed by atoms with Crippen LogP contribution in [0.5, 0.6) is 0 Å². The zero-order valence-corrected chi connectivity index (χ0v) is 18.4. The lowest BCUT2D eigenvalue weighted by molar-refractivity contribution is -0.00649. The predicted octanol–water partition coefficient (Wildman–Crippen LogP) is 2.25. The molecule has 2 aliphatic rings. The maximum absolute atomic E-state index is 13.0. The van der Waals surface area contributed by atoms with Crippen LogP contribution in [0, 0.1) is 20.8 Å². The largest absolute Gasteiger partial charge is 0.369 e. The van der Waals surface area contributed by atoms with Gasteiger partial charge in [0, 0.05) is 48.9 Å². The summed E-state index contributed by atoms with van der Waals surface area (Å²) in [6, 6.07) is 5.70. The molecular formula is C20H28N6O3S. The number of nitrogens with one attached hydrogen (secondary N) is 1. The molecule has 10 heteroatoms. The summed E-state index contributed by atoms with van der Waals surface area (Å²) in [5, 5.41) is 3.23. The van der Waals surface area contributed by atoms with Crippen LogP contribution in [-0.2, 0) is 14.9 Å². The summed E-state index contributed by atoms with van der Waals surface area (Å²) < 4.78 is 34.9. The number of rotatable bonds is 5. The lowest BCUT2D eigenvalue weighted by Gasteiger charge is -2.34. The molecule has 1 N–H and O–H groups in total. The normalized spacial score (nSPS) is 21.1. The van der Waals surface area contributed by atoms with Gasteiger partial charge in [0.25, 0.3) is 10.2 Å². The molecule has 2 aromatic heterocycles. The van der Waals surface area contributed by atoms with Crippen LogP contribution in [0.1, 0.15) is 41.7 Å². The van der Waals surface area contributed by atoms with Crippen molar-refractivity contribution < 1.29 is 13.2 Å². The standard InChI is InChI=1S/C20H28N6O3S/c1-14-10-15(2)23-20(22-14)24-17-11-16(3)21-18(12-17)19-13-26(8-9-29-19)30(27,28)25-6-4-5-7-25/h10-12,19H,4-9,13H2,1-3H3,(H,21,22,23,24)/t19-/m1/s1. The Hall–Kier alpha value is -2.14. The Bertz CT molecular complexity index is 1000. The van der Waals surface area contributed by atoms with Gasteiger partial charge in [-0.1, -0.05) is 0 Å². The zero-order valence-electron chi connectivity index (χ0n) is 17.6. The number of aromatic nitrogens is 3. The number of nitrogens with zero attached hydrogens (tertiary/aromatic N) is 5. The molecule has 4 heterocycles. The molecule has 1 atom stereocenters. The molecule has 2 saturated heterocycles. The van der Waals surface area contributed by atoms with Gasteiger partial charge in [-0.2, -0.15) is 17.0 Å². The van der Waals surface area contributed by atoms with Gasteiger partial charge in [0.2, 0.25) is 5.95 Å². The summed E-state index contributed by atoms with van der Waals surface area (Å²) in [6.45, 7) is 7.91. The third-order valence-electron chi connectivity index (χ3n) is 5.29. The first-order valence-electron chi connectivity index (χ1n) is 10.3. The van der Waals surface area contributed by atoms with E-state index in [0.29, 0.717) is 37.9 Å². The van der Waals surface area contributed by atoms with Crippen LogP contribution in [0.3, 0.4) is 0 Å². The first-order valence-corrected chi connectivity index (χ1v) is 11.7. The lowest BCUT2D eigenvalue weighted by Crippen LogP contribution is -2.48. The van der Waals surface area contributed by atoms with Gasteiger partial charge in [-0.05, 0) is 51.8 Å². The first kappa shape index (κ1) is 21.1. The Kier molecular flexibility index (Phi) is 6.01. The van der Waals surface area contributed by atoms with E-state index in [1.165, 1.54) is 4.31 Å². The molecule has 2 fully saturated rings.